The molecular weight excluding hydrogens is 831 g/mol. The van der Waals surface area contributed by atoms with Gasteiger partial charge in [0.15, 0.2) is 0 Å². The summed E-state index contributed by atoms with van der Waals surface area (Å²) in [4.78, 5) is 90.1. The van der Waals surface area contributed by atoms with Gasteiger partial charge < -0.3 is 62.8 Å². The molecule has 0 aliphatic heterocycles. The number of aromatic hydroxyl groups is 1. The van der Waals surface area contributed by atoms with E-state index in [2.05, 4.69) is 31.9 Å². The van der Waals surface area contributed by atoms with E-state index in [1.807, 2.05) is 49.4 Å². The molecule has 0 aliphatic carbocycles. The van der Waals surface area contributed by atoms with Crippen molar-refractivity contribution in [1.82, 2.24) is 31.9 Å². The largest absolute Gasteiger partial charge is 0.508 e. The van der Waals surface area contributed by atoms with Crippen LogP contribution in [-0.4, -0.2) is 125 Å². The number of phenolic OH excluding ortho intramolecular Hbond substituents is 1. The van der Waals surface area contributed by atoms with Crippen LogP contribution < -0.4 is 42.4 Å². The molecule has 3 rings (SSSR count). The molecule has 0 heterocycles. The normalized spacial score (nSPS) is 14.3. The molecule has 0 saturated carbocycles. The summed E-state index contributed by atoms with van der Waals surface area (Å²) in [5.74, 6) is -5.71. The Bertz CT molecular complexity index is 2030. The van der Waals surface area contributed by atoms with Gasteiger partial charge in [-0.15, -0.1) is 0 Å². The van der Waals surface area contributed by atoms with Gasteiger partial charge in [0.05, 0.1) is 26.4 Å². The van der Waals surface area contributed by atoms with Crippen LogP contribution in [0.25, 0.3) is 6.08 Å². The summed E-state index contributed by atoms with van der Waals surface area (Å²) in [6.07, 6.45) is 2.31. The van der Waals surface area contributed by atoms with Gasteiger partial charge in [-0.05, 0) is 60.2 Å². The first-order valence-corrected chi connectivity index (χ1v) is 20.6. The zero-order chi connectivity index (χ0) is 47.2. The third kappa shape index (κ3) is 18.3. The molecule has 0 radical (unpaired) electrons. The fourth-order valence-electron chi connectivity index (χ4n) is 6.15. The van der Waals surface area contributed by atoms with E-state index >= 15 is 0 Å². The van der Waals surface area contributed by atoms with Crippen molar-refractivity contribution < 1.29 is 58.7 Å². The van der Waals surface area contributed by atoms with Crippen LogP contribution in [0, 0.1) is 5.92 Å². The lowest BCUT2D eigenvalue weighted by Crippen LogP contribution is -2.60. The number of carbonyl (C=O) groups is 7. The number of rotatable bonds is 26. The third-order valence-corrected chi connectivity index (χ3v) is 10.0. The lowest BCUT2D eigenvalue weighted by atomic mass is 9.95. The van der Waals surface area contributed by atoms with Gasteiger partial charge >= 0.3 is 5.97 Å². The monoisotopic (exact) mass is 889 g/mol. The molecular formula is C45H59N7O12. The maximum atomic E-state index is 13.6. The number of aliphatic hydroxyl groups is 2. The first-order chi connectivity index (χ1) is 30.5. The highest BCUT2D eigenvalue weighted by Crippen LogP contribution is 2.15. The van der Waals surface area contributed by atoms with Crippen LogP contribution in [0.4, 0.5) is 0 Å². The molecule has 19 nitrogen and oxygen atoms in total. The number of benzene rings is 3. The average molecular weight is 890 g/mol. The molecule has 7 atom stereocenters. The number of phenols is 1. The predicted molar refractivity (Wildman–Crippen MR) is 235 cm³/mol. The van der Waals surface area contributed by atoms with Gasteiger partial charge in [0.1, 0.15) is 35.7 Å². The summed E-state index contributed by atoms with van der Waals surface area (Å²) >= 11 is 0. The van der Waals surface area contributed by atoms with Crippen molar-refractivity contribution in [1.29, 1.82) is 0 Å². The number of methoxy groups -OCH3 is 1. The smallest absolute Gasteiger partial charge is 0.326 e. The zero-order valence-electron chi connectivity index (χ0n) is 36.0. The molecule has 346 valence electrons. The maximum absolute atomic E-state index is 13.6. The number of allylic oxidation sites excluding steroid dienone is 1. The molecule has 6 amide bonds. The van der Waals surface area contributed by atoms with Crippen LogP contribution in [0.3, 0.4) is 0 Å². The van der Waals surface area contributed by atoms with Crippen LogP contribution in [0.5, 0.6) is 11.5 Å². The number of hydrogen-bond acceptors (Lipinski definition) is 12. The lowest BCUT2D eigenvalue weighted by Gasteiger charge is -2.26. The molecule has 0 fully saturated rings. The molecule has 0 saturated heterocycles. The number of nitrogens with one attached hydrogen (secondary N) is 6. The maximum Gasteiger partial charge on any atom is 0.326 e. The Kier molecular flexibility index (Phi) is 21.4. The van der Waals surface area contributed by atoms with Crippen molar-refractivity contribution >= 4 is 47.5 Å². The predicted octanol–water partition coefficient (Wildman–Crippen LogP) is -0.338. The van der Waals surface area contributed by atoms with Crippen molar-refractivity contribution in [2.45, 2.75) is 82.3 Å². The number of carboxylic acid groups (broad SMARTS) is 1. The quantitative estimate of drug-likeness (QED) is 0.0493. The van der Waals surface area contributed by atoms with E-state index in [0.717, 1.165) is 5.56 Å². The second kappa shape index (κ2) is 26.6. The highest BCUT2D eigenvalue weighted by molar-refractivity contribution is 5.95. The van der Waals surface area contributed by atoms with Gasteiger partial charge in [0.25, 0.3) is 0 Å². The van der Waals surface area contributed by atoms with Crippen molar-refractivity contribution in [2.75, 3.05) is 26.8 Å². The fraction of sp³-hybridized carbons (Fsp3) is 0.400. The van der Waals surface area contributed by atoms with Crippen LogP contribution in [0.15, 0.2) is 84.9 Å². The van der Waals surface area contributed by atoms with Crippen LogP contribution in [0.2, 0.25) is 0 Å². The lowest BCUT2D eigenvalue weighted by molar-refractivity contribution is -0.141. The molecule has 0 unspecified atom stereocenters. The number of carbonyl (C=O) groups excluding carboxylic acids is 6. The second-order valence-corrected chi connectivity index (χ2v) is 15.2. The number of hydrogen-bond donors (Lipinski definition) is 11. The molecule has 0 bridgehead atoms. The van der Waals surface area contributed by atoms with Crippen molar-refractivity contribution in [2.24, 2.45) is 11.7 Å². The van der Waals surface area contributed by atoms with Gasteiger partial charge in [-0.1, -0.05) is 73.7 Å². The Morgan fingerprint density at radius 3 is 1.92 bits per heavy atom. The summed E-state index contributed by atoms with van der Waals surface area (Å²) < 4.78 is 5.19. The minimum absolute atomic E-state index is 0.000974. The average Bonchev–Trinajstić information content (AvgIpc) is 3.26. The second-order valence-electron chi connectivity index (χ2n) is 15.2. The minimum Gasteiger partial charge on any atom is -0.508 e. The SMILES string of the molecule is COc1ccc(C[C@@H](NC(=O)[C@@H](NC(=O)[C@@H](CO)NC(=O)C[C@H](N)[C@@H](C)C/C=C/c2ccccc2)[C@H](C)O)C(=O)NCC(=O)NCCC(=O)N[C@H](Cc2ccc(O)cc2)C(=O)O)cc1. The first kappa shape index (κ1) is 51.5. The Morgan fingerprint density at radius 1 is 0.719 bits per heavy atom. The number of aliphatic carboxylic acids is 1. The Morgan fingerprint density at radius 2 is 1.33 bits per heavy atom. The highest BCUT2D eigenvalue weighted by Gasteiger charge is 2.33. The summed E-state index contributed by atoms with van der Waals surface area (Å²) in [7, 11) is 1.47. The number of amides is 6. The van der Waals surface area contributed by atoms with Gasteiger partial charge in [-0.3, -0.25) is 28.8 Å². The first-order valence-electron chi connectivity index (χ1n) is 20.6. The van der Waals surface area contributed by atoms with E-state index < -0.39 is 90.9 Å². The van der Waals surface area contributed by atoms with E-state index in [0.29, 0.717) is 23.3 Å². The van der Waals surface area contributed by atoms with Crippen LogP contribution in [-0.2, 0) is 46.4 Å². The Labute approximate surface area is 371 Å². The molecule has 0 aliphatic rings. The molecule has 0 spiro atoms. The summed E-state index contributed by atoms with van der Waals surface area (Å²) in [6, 6.07) is 15.6. The van der Waals surface area contributed by atoms with E-state index in [1.54, 1.807) is 24.3 Å². The van der Waals surface area contributed by atoms with Gasteiger partial charge in [0.2, 0.25) is 35.4 Å². The summed E-state index contributed by atoms with van der Waals surface area (Å²) in [5.41, 5.74) is 8.39. The van der Waals surface area contributed by atoms with Crippen LogP contribution in [0.1, 0.15) is 49.8 Å². The van der Waals surface area contributed by atoms with E-state index in [4.69, 9.17) is 10.5 Å². The van der Waals surface area contributed by atoms with E-state index in [1.165, 1.54) is 38.3 Å². The molecule has 0 aromatic heterocycles. The molecule has 12 N–H and O–H groups in total. The van der Waals surface area contributed by atoms with E-state index in [9.17, 15) is 54.0 Å². The number of aliphatic hydroxyl groups excluding tert-OH is 2. The van der Waals surface area contributed by atoms with Gasteiger partial charge in [-0.2, -0.15) is 0 Å². The Hall–Kier alpha value is -6.83. The van der Waals surface area contributed by atoms with Crippen LogP contribution >= 0.6 is 0 Å². The van der Waals surface area contributed by atoms with Crippen molar-refractivity contribution in [3.63, 3.8) is 0 Å². The summed E-state index contributed by atoms with van der Waals surface area (Å²) in [6.45, 7) is 1.44. The fourth-order valence-corrected chi connectivity index (χ4v) is 6.15. The third-order valence-electron chi connectivity index (χ3n) is 10.0. The number of nitrogens with two attached hydrogens (primary N) is 1. The van der Waals surface area contributed by atoms with Gasteiger partial charge in [-0.25, -0.2) is 4.79 Å². The minimum atomic E-state index is -1.67. The van der Waals surface area contributed by atoms with Crippen molar-refractivity contribution in [3.8, 4) is 11.5 Å². The number of carboxylic acids is 1. The van der Waals surface area contributed by atoms with E-state index in [-0.39, 0.29) is 43.9 Å². The number of ether oxygens (including phenoxy) is 1. The topological polar surface area (TPSA) is 308 Å². The molecule has 3 aromatic carbocycles. The molecule has 64 heavy (non-hydrogen) atoms. The molecule has 3 aromatic rings. The zero-order valence-corrected chi connectivity index (χ0v) is 36.0. The molecule has 19 heteroatoms. The van der Waals surface area contributed by atoms with Gasteiger partial charge in [0, 0.05) is 38.3 Å². The van der Waals surface area contributed by atoms with Crippen molar-refractivity contribution in [3.05, 3.63) is 102 Å². The highest BCUT2D eigenvalue weighted by atomic mass is 16.5. The summed E-state index contributed by atoms with van der Waals surface area (Å²) in [5, 5.41) is 54.1. The Balaban J connectivity index is 1.57. The standard InChI is InChI=1S/C45H59N7O12/c1-27(8-7-11-29-9-5-4-6-10-29)34(46)24-39(57)50-37(26-53)43(60)52-41(28(2)54)44(61)51-35(22-31-14-18-33(64-3)19-15-31)42(59)48-25-40(58)47-21-20-38(56)49-36(45(62)63)23-30-12-16-32(55)17-13-30/h4-7,9-19,27-28,34-37,41,53-55H,8,20-26,46H2,1-3H3,(H,47,58)(H,48,59)(H,49,56)(H,50,57)(H,51,61)(H,52,60)(H,62,63)/b11-7+/t27-,28-,34-,35+,36+,37+,41-/m0/s1.